The fourth-order valence-electron chi connectivity index (χ4n) is 1.41. The molecule has 0 aliphatic heterocycles. The van der Waals surface area contributed by atoms with Crippen LogP contribution in [-0.4, -0.2) is 28.8 Å². The average molecular weight is 224 g/mol. The Balaban J connectivity index is 2.65. The molecule has 90 valence electrons. The first-order valence-electron chi connectivity index (χ1n) is 5.61. The van der Waals surface area contributed by atoms with E-state index in [1.165, 1.54) is 0 Å². The van der Waals surface area contributed by atoms with Gasteiger partial charge < -0.3 is 11.1 Å². The van der Waals surface area contributed by atoms with Gasteiger partial charge in [-0.25, -0.2) is 0 Å². The molecule has 5 nitrogen and oxygen atoms in total. The fourth-order valence-corrected chi connectivity index (χ4v) is 1.41. The van der Waals surface area contributed by atoms with E-state index in [9.17, 15) is 4.79 Å². The van der Waals surface area contributed by atoms with E-state index in [0.717, 1.165) is 5.69 Å². The van der Waals surface area contributed by atoms with Gasteiger partial charge in [0.1, 0.15) is 5.69 Å². The van der Waals surface area contributed by atoms with E-state index in [-0.39, 0.29) is 5.91 Å². The first-order valence-corrected chi connectivity index (χ1v) is 5.61. The largest absolute Gasteiger partial charge is 0.350 e. The molecule has 3 N–H and O–H groups in total. The van der Waals surface area contributed by atoms with Crippen molar-refractivity contribution in [3.8, 4) is 0 Å². The maximum Gasteiger partial charge on any atom is 0.269 e. The molecule has 5 heteroatoms. The number of hydrogen-bond donors (Lipinski definition) is 2. The molecular weight excluding hydrogens is 204 g/mol. The van der Waals surface area contributed by atoms with Crippen molar-refractivity contribution in [2.45, 2.75) is 27.3 Å². The number of nitrogens with zero attached hydrogens (tertiary/aromatic N) is 2. The molecule has 0 spiro atoms. The van der Waals surface area contributed by atoms with E-state index in [4.69, 9.17) is 5.73 Å². The Morgan fingerprint density at radius 2 is 2.38 bits per heavy atom. The minimum absolute atomic E-state index is 0.0808. The van der Waals surface area contributed by atoms with Crippen LogP contribution in [0.2, 0.25) is 0 Å². The molecule has 0 bridgehead atoms. The van der Waals surface area contributed by atoms with Gasteiger partial charge in [-0.2, -0.15) is 5.10 Å². The van der Waals surface area contributed by atoms with Gasteiger partial charge in [-0.1, -0.05) is 6.92 Å². The van der Waals surface area contributed by atoms with Crippen molar-refractivity contribution in [1.82, 2.24) is 15.1 Å². The summed E-state index contributed by atoms with van der Waals surface area (Å²) in [6.07, 6.45) is 0. The number of aromatic nitrogens is 2. The van der Waals surface area contributed by atoms with E-state index >= 15 is 0 Å². The van der Waals surface area contributed by atoms with Crippen LogP contribution in [0.1, 0.15) is 30.0 Å². The van der Waals surface area contributed by atoms with Crippen molar-refractivity contribution < 1.29 is 4.79 Å². The summed E-state index contributed by atoms with van der Waals surface area (Å²) in [5.41, 5.74) is 6.96. The van der Waals surface area contributed by atoms with Gasteiger partial charge in [0, 0.05) is 13.1 Å². The average Bonchev–Trinajstić information content (AvgIpc) is 2.66. The van der Waals surface area contributed by atoms with Gasteiger partial charge in [0.2, 0.25) is 0 Å². The number of hydrogen-bond acceptors (Lipinski definition) is 3. The highest BCUT2D eigenvalue weighted by Gasteiger charge is 2.13. The van der Waals surface area contributed by atoms with Crippen molar-refractivity contribution in [1.29, 1.82) is 0 Å². The lowest BCUT2D eigenvalue weighted by Crippen LogP contribution is -2.32. The normalized spacial score (nSPS) is 12.5. The molecule has 16 heavy (non-hydrogen) atoms. The molecule has 0 saturated carbocycles. The van der Waals surface area contributed by atoms with Crippen molar-refractivity contribution in [3.63, 3.8) is 0 Å². The Bertz CT molecular complexity index is 359. The lowest BCUT2D eigenvalue weighted by molar-refractivity contribution is 0.0938. The SMILES string of the molecule is CCn1nc(C)cc1C(=O)NCC(C)CN. The zero-order valence-electron chi connectivity index (χ0n) is 10.2. The zero-order valence-corrected chi connectivity index (χ0v) is 10.2. The molecule has 1 atom stereocenters. The molecule has 1 rings (SSSR count). The molecule has 0 aliphatic rings. The Morgan fingerprint density at radius 3 is 2.94 bits per heavy atom. The third-order valence-corrected chi connectivity index (χ3v) is 2.45. The Labute approximate surface area is 96.0 Å². The summed E-state index contributed by atoms with van der Waals surface area (Å²) in [7, 11) is 0. The molecular formula is C11H20N4O. The standard InChI is InChI=1S/C11H20N4O/c1-4-15-10(5-9(3)14-15)11(16)13-7-8(2)6-12/h5,8H,4,6-7,12H2,1-3H3,(H,13,16). The minimum atomic E-state index is -0.0808. The molecule has 1 aromatic rings. The van der Waals surface area contributed by atoms with E-state index < -0.39 is 0 Å². The summed E-state index contributed by atoms with van der Waals surface area (Å²) in [5, 5.41) is 7.09. The molecule has 0 saturated heterocycles. The monoisotopic (exact) mass is 224 g/mol. The maximum atomic E-state index is 11.8. The summed E-state index contributed by atoms with van der Waals surface area (Å²) in [6, 6.07) is 1.80. The topological polar surface area (TPSA) is 72.9 Å². The van der Waals surface area contributed by atoms with Crippen LogP contribution in [0.3, 0.4) is 0 Å². The van der Waals surface area contributed by atoms with Crippen molar-refractivity contribution in [3.05, 3.63) is 17.5 Å². The van der Waals surface area contributed by atoms with E-state index in [1.807, 2.05) is 20.8 Å². The van der Waals surface area contributed by atoms with Gasteiger partial charge in [-0.05, 0) is 32.4 Å². The maximum absolute atomic E-state index is 11.8. The smallest absolute Gasteiger partial charge is 0.269 e. The number of aryl methyl sites for hydroxylation is 2. The van der Waals surface area contributed by atoms with E-state index in [1.54, 1.807) is 10.7 Å². The highest BCUT2D eigenvalue weighted by molar-refractivity contribution is 5.92. The molecule has 0 aliphatic carbocycles. The number of carbonyl (C=O) groups excluding carboxylic acids is 1. The van der Waals surface area contributed by atoms with Crippen LogP contribution in [0.25, 0.3) is 0 Å². The second-order valence-corrected chi connectivity index (χ2v) is 4.04. The predicted molar refractivity (Wildman–Crippen MR) is 63.2 cm³/mol. The Hall–Kier alpha value is -1.36. The van der Waals surface area contributed by atoms with Gasteiger partial charge >= 0.3 is 0 Å². The van der Waals surface area contributed by atoms with Crippen LogP contribution >= 0.6 is 0 Å². The minimum Gasteiger partial charge on any atom is -0.350 e. The van der Waals surface area contributed by atoms with Gasteiger partial charge in [0.15, 0.2) is 0 Å². The van der Waals surface area contributed by atoms with Crippen LogP contribution in [0, 0.1) is 12.8 Å². The number of carbonyl (C=O) groups is 1. The molecule has 0 aromatic carbocycles. The number of nitrogens with two attached hydrogens (primary N) is 1. The van der Waals surface area contributed by atoms with E-state index in [0.29, 0.717) is 31.2 Å². The van der Waals surface area contributed by atoms with Gasteiger partial charge in [-0.3, -0.25) is 9.48 Å². The van der Waals surface area contributed by atoms with Gasteiger partial charge in [0.05, 0.1) is 5.69 Å². The van der Waals surface area contributed by atoms with E-state index in [2.05, 4.69) is 10.4 Å². The second kappa shape index (κ2) is 5.65. The number of nitrogens with one attached hydrogen (secondary N) is 1. The van der Waals surface area contributed by atoms with Crippen LogP contribution in [0.15, 0.2) is 6.07 Å². The second-order valence-electron chi connectivity index (χ2n) is 4.04. The fraction of sp³-hybridized carbons (Fsp3) is 0.636. The quantitative estimate of drug-likeness (QED) is 0.766. The van der Waals surface area contributed by atoms with Crippen LogP contribution in [0.4, 0.5) is 0 Å². The summed E-state index contributed by atoms with van der Waals surface area (Å²) in [6.45, 7) is 7.72. The van der Waals surface area contributed by atoms with Crippen molar-refractivity contribution in [2.75, 3.05) is 13.1 Å². The summed E-state index contributed by atoms with van der Waals surface area (Å²) < 4.78 is 1.71. The molecule has 0 fully saturated rings. The highest BCUT2D eigenvalue weighted by atomic mass is 16.2. The lowest BCUT2D eigenvalue weighted by Gasteiger charge is -2.10. The summed E-state index contributed by atoms with van der Waals surface area (Å²) >= 11 is 0. The first kappa shape index (κ1) is 12.7. The first-order chi connectivity index (χ1) is 7.58. The zero-order chi connectivity index (χ0) is 12.1. The predicted octanol–water partition coefficient (Wildman–Crippen LogP) is 0.536. The molecule has 1 aromatic heterocycles. The third-order valence-electron chi connectivity index (χ3n) is 2.45. The summed E-state index contributed by atoms with van der Waals surface area (Å²) in [4.78, 5) is 11.8. The van der Waals surface area contributed by atoms with Crippen LogP contribution in [0.5, 0.6) is 0 Å². The third kappa shape index (κ3) is 3.06. The van der Waals surface area contributed by atoms with Gasteiger partial charge in [-0.15, -0.1) is 0 Å². The highest BCUT2D eigenvalue weighted by Crippen LogP contribution is 2.03. The molecule has 1 unspecified atom stereocenters. The molecule has 0 radical (unpaired) electrons. The van der Waals surface area contributed by atoms with Crippen molar-refractivity contribution >= 4 is 5.91 Å². The molecule has 1 heterocycles. The van der Waals surface area contributed by atoms with Crippen LogP contribution < -0.4 is 11.1 Å². The van der Waals surface area contributed by atoms with Gasteiger partial charge in [0.25, 0.3) is 5.91 Å². The Kier molecular flexibility index (Phi) is 4.49. The summed E-state index contributed by atoms with van der Waals surface area (Å²) in [5.74, 6) is 0.214. The lowest BCUT2D eigenvalue weighted by atomic mass is 10.2. The van der Waals surface area contributed by atoms with Crippen molar-refractivity contribution in [2.24, 2.45) is 11.7 Å². The van der Waals surface area contributed by atoms with Crippen LogP contribution in [-0.2, 0) is 6.54 Å². The number of amides is 1. The Morgan fingerprint density at radius 1 is 1.69 bits per heavy atom. The number of rotatable bonds is 5. The molecule has 1 amide bonds.